The lowest BCUT2D eigenvalue weighted by Gasteiger charge is -2.33. The number of phenolic OH excluding ortho intramolecular Hbond substituents is 1. The van der Waals surface area contributed by atoms with Gasteiger partial charge >= 0.3 is 0 Å². The molecule has 1 aromatic heterocycles. The second kappa shape index (κ2) is 9.21. The minimum Gasteiger partial charge on any atom is -0.508 e. The van der Waals surface area contributed by atoms with Gasteiger partial charge in [-0.3, -0.25) is 0 Å². The van der Waals surface area contributed by atoms with Crippen LogP contribution in [-0.4, -0.2) is 53.6 Å². The molecule has 7 nitrogen and oxygen atoms in total. The van der Waals surface area contributed by atoms with E-state index in [9.17, 15) is 10.2 Å². The van der Waals surface area contributed by atoms with Crippen LogP contribution in [0.3, 0.4) is 0 Å². The molecule has 1 aromatic carbocycles. The summed E-state index contributed by atoms with van der Waals surface area (Å²) in [5.74, 6) is 1.71. The number of hydrogen-bond donors (Lipinski definition) is 3. The van der Waals surface area contributed by atoms with Gasteiger partial charge in [0.2, 0.25) is 0 Å². The van der Waals surface area contributed by atoms with Crippen LogP contribution in [0.4, 0.5) is 5.82 Å². The first-order valence-electron chi connectivity index (χ1n) is 9.08. The average Bonchev–Trinajstić information content (AvgIpc) is 2.72. The van der Waals surface area contributed by atoms with E-state index in [4.69, 9.17) is 10.00 Å². The highest BCUT2D eigenvalue weighted by Crippen LogP contribution is 2.18. The number of piperidine rings is 1. The number of aliphatic hydroxyl groups excluding tert-OH is 1. The molecule has 3 N–H and O–H groups in total. The summed E-state index contributed by atoms with van der Waals surface area (Å²) in [5.41, 5.74) is 0.568. The molecule has 0 amide bonds. The van der Waals surface area contributed by atoms with E-state index in [0.717, 1.165) is 31.7 Å². The highest BCUT2D eigenvalue weighted by atomic mass is 16.5. The third-order valence-electron chi connectivity index (χ3n) is 4.62. The standard InChI is InChI=1S/C20H24N4O3/c21-11-15-1-6-20(23-12-15)24-9-7-16(8-10-24)22-13-18(26)14-27-19-4-2-17(25)3-5-19/h1-6,12,16,18,22,25-26H,7-10,13-14H2. The van der Waals surface area contributed by atoms with Gasteiger partial charge in [0.1, 0.15) is 36.1 Å². The highest BCUT2D eigenvalue weighted by molar-refractivity contribution is 5.42. The lowest BCUT2D eigenvalue weighted by Crippen LogP contribution is -2.45. The van der Waals surface area contributed by atoms with E-state index in [1.165, 1.54) is 0 Å². The molecule has 1 aliphatic heterocycles. The number of aliphatic hydroxyl groups is 1. The van der Waals surface area contributed by atoms with Crippen LogP contribution in [0.15, 0.2) is 42.6 Å². The third-order valence-corrected chi connectivity index (χ3v) is 4.62. The van der Waals surface area contributed by atoms with Crippen LogP contribution in [-0.2, 0) is 0 Å². The number of nitriles is 1. The van der Waals surface area contributed by atoms with Crippen LogP contribution in [0, 0.1) is 11.3 Å². The Kier molecular flexibility index (Phi) is 6.47. The van der Waals surface area contributed by atoms with Gasteiger partial charge in [0.15, 0.2) is 0 Å². The van der Waals surface area contributed by atoms with Crippen molar-refractivity contribution in [3.63, 3.8) is 0 Å². The predicted octanol–water partition coefficient (Wildman–Crippen LogP) is 1.66. The predicted molar refractivity (Wildman–Crippen MR) is 102 cm³/mol. The van der Waals surface area contributed by atoms with Gasteiger partial charge < -0.3 is 25.2 Å². The molecule has 0 aliphatic carbocycles. The first-order chi connectivity index (χ1) is 13.1. The maximum Gasteiger partial charge on any atom is 0.128 e. The molecule has 1 saturated heterocycles. The van der Waals surface area contributed by atoms with Crippen LogP contribution in [0.1, 0.15) is 18.4 Å². The van der Waals surface area contributed by atoms with Gasteiger partial charge in [-0.25, -0.2) is 4.98 Å². The van der Waals surface area contributed by atoms with Crippen molar-refractivity contribution in [3.05, 3.63) is 48.2 Å². The summed E-state index contributed by atoms with van der Waals surface area (Å²) < 4.78 is 5.52. The molecule has 0 spiro atoms. The van der Waals surface area contributed by atoms with Gasteiger partial charge in [-0.1, -0.05) is 0 Å². The molecule has 2 aromatic rings. The van der Waals surface area contributed by atoms with E-state index in [1.807, 2.05) is 6.07 Å². The molecule has 1 unspecified atom stereocenters. The Morgan fingerprint density at radius 1 is 1.22 bits per heavy atom. The fourth-order valence-corrected chi connectivity index (χ4v) is 3.05. The number of aromatic nitrogens is 1. The van der Waals surface area contributed by atoms with Crippen molar-refractivity contribution in [1.29, 1.82) is 5.26 Å². The van der Waals surface area contributed by atoms with Crippen molar-refractivity contribution in [1.82, 2.24) is 10.3 Å². The summed E-state index contributed by atoms with van der Waals surface area (Å²) in [6, 6.07) is 12.5. The van der Waals surface area contributed by atoms with Crippen molar-refractivity contribution < 1.29 is 14.9 Å². The average molecular weight is 368 g/mol. The smallest absolute Gasteiger partial charge is 0.128 e. The van der Waals surface area contributed by atoms with Crippen LogP contribution < -0.4 is 15.0 Å². The number of hydrogen-bond acceptors (Lipinski definition) is 7. The van der Waals surface area contributed by atoms with Crippen molar-refractivity contribution in [2.45, 2.75) is 25.0 Å². The SMILES string of the molecule is N#Cc1ccc(N2CCC(NCC(O)COc3ccc(O)cc3)CC2)nc1. The Morgan fingerprint density at radius 2 is 1.96 bits per heavy atom. The van der Waals surface area contributed by atoms with Crippen LogP contribution in [0.25, 0.3) is 0 Å². The summed E-state index contributed by atoms with van der Waals surface area (Å²) in [7, 11) is 0. The van der Waals surface area contributed by atoms with Crippen LogP contribution in [0.5, 0.6) is 11.5 Å². The van der Waals surface area contributed by atoms with Crippen molar-refractivity contribution >= 4 is 5.82 Å². The molecule has 1 atom stereocenters. The molecule has 0 saturated carbocycles. The monoisotopic (exact) mass is 368 g/mol. The molecular weight excluding hydrogens is 344 g/mol. The number of aromatic hydroxyl groups is 1. The zero-order valence-electron chi connectivity index (χ0n) is 15.1. The number of pyridine rings is 1. The molecule has 142 valence electrons. The summed E-state index contributed by atoms with van der Waals surface area (Å²) >= 11 is 0. The molecule has 2 heterocycles. The van der Waals surface area contributed by atoms with Crippen LogP contribution in [0.2, 0.25) is 0 Å². The molecule has 7 heteroatoms. The number of rotatable bonds is 7. The molecule has 1 aliphatic rings. The van der Waals surface area contributed by atoms with E-state index in [0.29, 0.717) is 23.9 Å². The number of benzene rings is 1. The molecule has 3 rings (SSSR count). The summed E-state index contributed by atoms with van der Waals surface area (Å²) in [5, 5.41) is 31.6. The van der Waals surface area contributed by atoms with Crippen molar-refractivity contribution in [2.75, 3.05) is 31.1 Å². The summed E-state index contributed by atoms with van der Waals surface area (Å²) in [6.45, 7) is 2.44. The highest BCUT2D eigenvalue weighted by Gasteiger charge is 2.20. The van der Waals surface area contributed by atoms with Crippen molar-refractivity contribution in [2.24, 2.45) is 0 Å². The van der Waals surface area contributed by atoms with Gasteiger partial charge in [0, 0.05) is 31.9 Å². The first kappa shape index (κ1) is 19.0. The van der Waals surface area contributed by atoms with E-state index in [2.05, 4.69) is 21.3 Å². The van der Waals surface area contributed by atoms with E-state index in [1.54, 1.807) is 36.5 Å². The summed E-state index contributed by atoms with van der Waals surface area (Å²) in [6.07, 6.45) is 2.93. The van der Waals surface area contributed by atoms with E-state index < -0.39 is 6.10 Å². The van der Waals surface area contributed by atoms with Gasteiger partial charge in [0.05, 0.1) is 5.56 Å². The van der Waals surface area contributed by atoms with Gasteiger partial charge in [0.25, 0.3) is 0 Å². The Bertz CT molecular complexity index is 750. The maximum atomic E-state index is 10.1. The minimum atomic E-state index is -0.600. The fourth-order valence-electron chi connectivity index (χ4n) is 3.05. The maximum absolute atomic E-state index is 10.1. The topological polar surface area (TPSA) is 102 Å². The normalized spacial score (nSPS) is 15.9. The number of anilines is 1. The zero-order valence-corrected chi connectivity index (χ0v) is 15.1. The molecule has 0 radical (unpaired) electrons. The van der Waals surface area contributed by atoms with Gasteiger partial charge in [-0.05, 0) is 49.2 Å². The molecule has 27 heavy (non-hydrogen) atoms. The zero-order chi connectivity index (χ0) is 19.1. The van der Waals surface area contributed by atoms with Gasteiger partial charge in [-0.15, -0.1) is 0 Å². The molecule has 1 fully saturated rings. The van der Waals surface area contributed by atoms with E-state index >= 15 is 0 Å². The van der Waals surface area contributed by atoms with E-state index in [-0.39, 0.29) is 12.4 Å². The van der Waals surface area contributed by atoms with Crippen LogP contribution >= 0.6 is 0 Å². The quantitative estimate of drug-likeness (QED) is 0.683. The third kappa shape index (κ3) is 5.58. The molecular formula is C20H24N4O3. The number of nitrogens with one attached hydrogen (secondary N) is 1. The Hall–Kier alpha value is -2.82. The Morgan fingerprint density at radius 3 is 2.59 bits per heavy atom. The lowest BCUT2D eigenvalue weighted by molar-refractivity contribution is 0.102. The van der Waals surface area contributed by atoms with Crippen molar-refractivity contribution in [3.8, 4) is 17.6 Å². The number of ether oxygens (including phenoxy) is 1. The fraction of sp³-hybridized carbons (Fsp3) is 0.400. The second-order valence-electron chi connectivity index (χ2n) is 6.65. The lowest BCUT2D eigenvalue weighted by atomic mass is 10.0. The Labute approximate surface area is 158 Å². The largest absolute Gasteiger partial charge is 0.508 e. The number of phenols is 1. The Balaban J connectivity index is 1.36. The van der Waals surface area contributed by atoms with Gasteiger partial charge in [-0.2, -0.15) is 5.26 Å². The minimum absolute atomic E-state index is 0.187. The second-order valence-corrected chi connectivity index (χ2v) is 6.65. The molecule has 0 bridgehead atoms. The first-order valence-corrected chi connectivity index (χ1v) is 9.08. The number of nitrogens with zero attached hydrogens (tertiary/aromatic N) is 3. The summed E-state index contributed by atoms with van der Waals surface area (Å²) in [4.78, 5) is 6.55.